The maximum Gasteiger partial charge on any atom is 0.317 e. The minimum absolute atomic E-state index is 0.00359. The number of urea groups is 1. The fraction of sp³-hybridized carbons (Fsp3) is 0.633. The molecule has 294 valence electrons. The number of aliphatic hydroxyl groups is 2. The number of fused-ring (bicyclic) bond motifs is 3. The van der Waals surface area contributed by atoms with Gasteiger partial charge in [-0.2, -0.15) is 0 Å². The molecular formula is C49H64N2O4. The van der Waals surface area contributed by atoms with Gasteiger partial charge in [0, 0.05) is 40.0 Å². The third-order valence-electron chi connectivity index (χ3n) is 17.8. The number of benzene rings is 2. The molecule has 0 radical (unpaired) electrons. The second kappa shape index (κ2) is 12.6. The first-order valence-electron chi connectivity index (χ1n) is 21.7. The molecule has 4 bridgehead atoms. The Labute approximate surface area is 329 Å². The van der Waals surface area contributed by atoms with Crippen molar-refractivity contribution in [2.24, 2.45) is 56.7 Å². The molecule has 0 saturated heterocycles. The summed E-state index contributed by atoms with van der Waals surface area (Å²) >= 11 is 0. The number of ketones is 1. The van der Waals surface area contributed by atoms with Gasteiger partial charge in [-0.1, -0.05) is 101 Å². The number of allylic oxidation sites excluding steroid dienone is 4. The zero-order valence-corrected chi connectivity index (χ0v) is 34.1. The topological polar surface area (TPSA) is 89.9 Å². The second-order valence-corrected chi connectivity index (χ2v) is 20.7. The van der Waals surface area contributed by atoms with Gasteiger partial charge in [-0.15, -0.1) is 0 Å². The summed E-state index contributed by atoms with van der Waals surface area (Å²) in [5.74, 6) is 2.15. The van der Waals surface area contributed by atoms with Crippen LogP contribution in [0.25, 0.3) is 11.1 Å². The van der Waals surface area contributed by atoms with E-state index in [2.05, 4.69) is 69.4 Å². The molecule has 0 aromatic heterocycles. The van der Waals surface area contributed by atoms with E-state index in [0.717, 1.165) is 61.1 Å². The number of Topliss-reactive ketones (excluding diaryl/α,β-unsaturated/α-hetero) is 1. The number of amides is 2. The van der Waals surface area contributed by atoms with E-state index in [9.17, 15) is 15.0 Å². The van der Waals surface area contributed by atoms with Crippen molar-refractivity contribution in [3.63, 3.8) is 0 Å². The molecule has 3 N–H and O–H groups in total. The van der Waals surface area contributed by atoms with Crippen LogP contribution in [0.15, 0.2) is 78.4 Å². The highest BCUT2D eigenvalue weighted by Crippen LogP contribution is 2.78. The van der Waals surface area contributed by atoms with E-state index < -0.39 is 27.9 Å². The summed E-state index contributed by atoms with van der Waals surface area (Å²) in [5, 5.41) is 27.7. The molecular weight excluding hydrogens is 681 g/mol. The lowest BCUT2D eigenvalue weighted by Crippen LogP contribution is -2.67. The van der Waals surface area contributed by atoms with Crippen molar-refractivity contribution >= 4 is 11.8 Å². The first-order chi connectivity index (χ1) is 26.1. The number of aliphatic hydroxyl groups excluding tert-OH is 1. The van der Waals surface area contributed by atoms with Crippen molar-refractivity contribution in [2.75, 3.05) is 13.1 Å². The largest absolute Gasteiger partial charge is 0.393 e. The molecule has 2 aromatic carbocycles. The van der Waals surface area contributed by atoms with Crippen LogP contribution < -0.4 is 5.32 Å². The van der Waals surface area contributed by atoms with E-state index in [1.807, 2.05) is 55.1 Å². The summed E-state index contributed by atoms with van der Waals surface area (Å²) in [6.07, 6.45) is 15.8. The Kier molecular flexibility index (Phi) is 8.59. The molecule has 9 aliphatic carbocycles. The second-order valence-electron chi connectivity index (χ2n) is 20.7. The molecule has 11 atom stereocenters. The highest BCUT2D eigenvalue weighted by atomic mass is 16.3. The van der Waals surface area contributed by atoms with Gasteiger partial charge in [0.2, 0.25) is 0 Å². The number of carbonyl (C=O) groups excluding carboxylic acids is 2. The number of hydrogen-bond donors (Lipinski definition) is 3. The first kappa shape index (κ1) is 37.4. The summed E-state index contributed by atoms with van der Waals surface area (Å²) < 4.78 is 0. The van der Waals surface area contributed by atoms with Crippen molar-refractivity contribution < 1.29 is 19.8 Å². The molecule has 6 saturated carbocycles. The SMILES string of the molecule is CC(C)NC(=O)N(CC1CCC2CC1C2(C)C)CC1(O)CCC2C34C=CC5(C=C3C(=O)c3ccccc3-c3ccccc3)CC(O)CCC5(C)C4CCC21C. The summed E-state index contributed by atoms with van der Waals surface area (Å²) in [5.41, 5.74) is 1.18. The van der Waals surface area contributed by atoms with E-state index in [0.29, 0.717) is 48.7 Å². The minimum Gasteiger partial charge on any atom is -0.393 e. The standard InChI is InChI=1S/C49H64N2O4/c1-31(2)50-43(54)51(29-33-16-17-34-26-38(33)44(34,3)4)30-48(55)23-20-41-46(48,6)22-19-40-45(5)21-18-35(52)27-47(45)24-25-49(40,41)39(28-47)42(53)37-15-11-10-14-36(37)32-12-8-7-9-13-32/h7-15,24-25,28,31,33-35,38,40-41,52,55H,16-23,26-27,29-30H2,1-6H3,(H,50,54). The van der Waals surface area contributed by atoms with Crippen LogP contribution in [0, 0.1) is 56.7 Å². The highest BCUT2D eigenvalue weighted by Gasteiger charge is 2.74. The molecule has 2 aromatic rings. The summed E-state index contributed by atoms with van der Waals surface area (Å²) in [6.45, 7) is 14.6. The lowest BCUT2D eigenvalue weighted by molar-refractivity contribution is -0.176. The van der Waals surface area contributed by atoms with Crippen LogP contribution in [0.4, 0.5) is 4.79 Å². The minimum atomic E-state index is -1.10. The Balaban J connectivity index is 1.12. The highest BCUT2D eigenvalue weighted by molar-refractivity contribution is 6.14. The lowest BCUT2D eigenvalue weighted by atomic mass is 9.32. The molecule has 6 nitrogen and oxygen atoms in total. The quantitative estimate of drug-likeness (QED) is 0.186. The molecule has 11 unspecified atom stereocenters. The summed E-state index contributed by atoms with van der Waals surface area (Å²) in [4.78, 5) is 31.7. The molecule has 11 rings (SSSR count). The van der Waals surface area contributed by atoms with Gasteiger partial charge in [0.05, 0.1) is 18.2 Å². The number of carbonyl (C=O) groups is 2. The maximum atomic E-state index is 15.5. The van der Waals surface area contributed by atoms with Gasteiger partial charge >= 0.3 is 6.03 Å². The third kappa shape index (κ3) is 5.18. The van der Waals surface area contributed by atoms with Gasteiger partial charge in [-0.3, -0.25) is 4.79 Å². The van der Waals surface area contributed by atoms with Crippen molar-refractivity contribution in [3.8, 4) is 11.1 Å². The molecule has 0 heterocycles. The first-order valence-corrected chi connectivity index (χ1v) is 21.7. The smallest absolute Gasteiger partial charge is 0.317 e. The fourth-order valence-corrected chi connectivity index (χ4v) is 14.6. The van der Waals surface area contributed by atoms with E-state index in [1.54, 1.807) is 0 Å². The van der Waals surface area contributed by atoms with Crippen molar-refractivity contribution in [2.45, 2.75) is 123 Å². The van der Waals surface area contributed by atoms with Gasteiger partial charge in [-0.25, -0.2) is 4.79 Å². The van der Waals surface area contributed by atoms with Gasteiger partial charge in [-0.05, 0) is 130 Å². The zero-order valence-electron chi connectivity index (χ0n) is 34.1. The molecule has 55 heavy (non-hydrogen) atoms. The normalized spacial score (nSPS) is 41.7. The Morgan fingerprint density at radius 2 is 1.55 bits per heavy atom. The molecule has 0 aliphatic heterocycles. The Hall–Kier alpha value is -3.22. The van der Waals surface area contributed by atoms with Gasteiger partial charge in [0.1, 0.15) is 0 Å². The van der Waals surface area contributed by atoms with Gasteiger partial charge in [0.25, 0.3) is 0 Å². The lowest BCUT2D eigenvalue weighted by Gasteiger charge is -2.71. The van der Waals surface area contributed by atoms with Crippen LogP contribution in [0.1, 0.15) is 116 Å². The van der Waals surface area contributed by atoms with Crippen LogP contribution in [0.2, 0.25) is 0 Å². The van der Waals surface area contributed by atoms with Gasteiger partial charge in [0.15, 0.2) is 5.78 Å². The number of nitrogens with zero attached hydrogens (tertiary/aromatic N) is 1. The van der Waals surface area contributed by atoms with Crippen molar-refractivity contribution in [1.29, 1.82) is 0 Å². The van der Waals surface area contributed by atoms with Crippen LogP contribution >= 0.6 is 0 Å². The Morgan fingerprint density at radius 3 is 2.27 bits per heavy atom. The van der Waals surface area contributed by atoms with Crippen LogP contribution in [-0.4, -0.2) is 57.8 Å². The van der Waals surface area contributed by atoms with E-state index in [-0.39, 0.29) is 35.1 Å². The molecule has 6 fully saturated rings. The molecule has 2 spiro atoms. The molecule has 9 aliphatic rings. The third-order valence-corrected chi connectivity index (χ3v) is 17.8. The molecule has 2 amide bonds. The van der Waals surface area contributed by atoms with Gasteiger partial charge < -0.3 is 20.4 Å². The van der Waals surface area contributed by atoms with Crippen LogP contribution in [-0.2, 0) is 0 Å². The average Bonchev–Trinajstić information content (AvgIpc) is 3.44. The van der Waals surface area contributed by atoms with Crippen LogP contribution in [0.3, 0.4) is 0 Å². The maximum absolute atomic E-state index is 15.5. The van der Waals surface area contributed by atoms with Crippen molar-refractivity contribution in [3.05, 3.63) is 84.0 Å². The Bertz CT molecular complexity index is 1930. The zero-order chi connectivity index (χ0) is 38.8. The van der Waals surface area contributed by atoms with E-state index in [4.69, 9.17) is 0 Å². The average molecular weight is 745 g/mol. The van der Waals surface area contributed by atoms with E-state index >= 15 is 4.79 Å². The van der Waals surface area contributed by atoms with E-state index in [1.165, 1.54) is 12.8 Å². The fourth-order valence-electron chi connectivity index (χ4n) is 14.6. The van der Waals surface area contributed by atoms with Crippen molar-refractivity contribution in [1.82, 2.24) is 10.2 Å². The number of hydrogen-bond acceptors (Lipinski definition) is 4. The number of nitrogens with one attached hydrogen (secondary N) is 1. The number of rotatable bonds is 8. The van der Waals surface area contributed by atoms with Crippen LogP contribution in [0.5, 0.6) is 0 Å². The summed E-state index contributed by atoms with van der Waals surface area (Å²) in [6, 6.07) is 18.2. The predicted molar refractivity (Wildman–Crippen MR) is 218 cm³/mol. The monoisotopic (exact) mass is 744 g/mol. The Morgan fingerprint density at radius 1 is 0.855 bits per heavy atom. The predicted octanol–water partition coefficient (Wildman–Crippen LogP) is 9.62. The molecule has 6 heteroatoms. The summed E-state index contributed by atoms with van der Waals surface area (Å²) in [7, 11) is 0.